The van der Waals surface area contributed by atoms with Gasteiger partial charge in [0.05, 0.1) is 16.6 Å². The molecule has 0 amide bonds. The second kappa shape index (κ2) is 14.4. The van der Waals surface area contributed by atoms with Crippen LogP contribution in [0, 0.1) is 24.7 Å². The van der Waals surface area contributed by atoms with Gasteiger partial charge in [-0.2, -0.15) is 0 Å². The van der Waals surface area contributed by atoms with Crippen LogP contribution >= 0.6 is 0 Å². The standard InChI is InChI=1S/C33H53NO4S/c1-24-12-18-32(19-13-24)39(37,38)34-30-21-27(22-31(35)23-30)15-17-29-11-7-6-10-28(16-14-26(29)3)25(2)9-8-20-33(4,5)36/h12-13,15,17-19,25-26,28,30-31,34-36H,6-11,14,16,20-23H2,1-5H3/b27-15-,29-17+/t25-,26+,28-,30+,31-/m1/s1. The van der Waals surface area contributed by atoms with E-state index in [4.69, 9.17) is 0 Å². The van der Waals surface area contributed by atoms with Crippen molar-refractivity contribution in [1.29, 1.82) is 0 Å². The topological polar surface area (TPSA) is 86.6 Å². The monoisotopic (exact) mass is 559 g/mol. The van der Waals surface area contributed by atoms with Gasteiger partial charge in [-0.15, -0.1) is 0 Å². The third-order valence-electron chi connectivity index (χ3n) is 8.90. The molecule has 5 nitrogen and oxygen atoms in total. The van der Waals surface area contributed by atoms with Crippen LogP contribution in [0.2, 0.25) is 0 Å². The summed E-state index contributed by atoms with van der Waals surface area (Å²) in [5.41, 5.74) is 3.05. The molecule has 0 aliphatic heterocycles. The number of benzene rings is 1. The maximum atomic E-state index is 12.9. The smallest absolute Gasteiger partial charge is 0.240 e. The molecule has 2 aliphatic carbocycles. The zero-order chi connectivity index (χ0) is 28.6. The predicted molar refractivity (Wildman–Crippen MR) is 161 cm³/mol. The highest BCUT2D eigenvalue weighted by Gasteiger charge is 2.28. The minimum Gasteiger partial charge on any atom is -0.393 e. The highest BCUT2D eigenvalue weighted by molar-refractivity contribution is 7.89. The van der Waals surface area contributed by atoms with E-state index >= 15 is 0 Å². The largest absolute Gasteiger partial charge is 0.393 e. The van der Waals surface area contributed by atoms with E-state index in [2.05, 4.69) is 30.7 Å². The Hall–Kier alpha value is -1.47. The van der Waals surface area contributed by atoms with E-state index in [9.17, 15) is 18.6 Å². The van der Waals surface area contributed by atoms with Gasteiger partial charge in [-0.05, 0) is 102 Å². The number of hydrogen-bond donors (Lipinski definition) is 3. The van der Waals surface area contributed by atoms with Crippen LogP contribution in [-0.2, 0) is 10.0 Å². The second-order valence-electron chi connectivity index (χ2n) is 13.2. The fraction of sp³-hybridized carbons (Fsp3) is 0.697. The van der Waals surface area contributed by atoms with Gasteiger partial charge in [-0.3, -0.25) is 0 Å². The van der Waals surface area contributed by atoms with Crippen LogP contribution in [0.15, 0.2) is 52.5 Å². The molecule has 0 aromatic heterocycles. The number of allylic oxidation sites excluding steroid dienone is 3. The van der Waals surface area contributed by atoms with Crippen LogP contribution in [0.25, 0.3) is 0 Å². The van der Waals surface area contributed by atoms with Crippen molar-refractivity contribution < 1.29 is 18.6 Å². The summed E-state index contributed by atoms with van der Waals surface area (Å²) in [6.45, 7) is 10.5. The Morgan fingerprint density at radius 2 is 1.79 bits per heavy atom. The minimum atomic E-state index is -3.62. The van der Waals surface area contributed by atoms with Crippen molar-refractivity contribution in [1.82, 2.24) is 4.72 Å². The van der Waals surface area contributed by atoms with Crippen LogP contribution in [0.3, 0.4) is 0 Å². The highest BCUT2D eigenvalue weighted by Crippen LogP contribution is 2.35. The first-order chi connectivity index (χ1) is 18.3. The summed E-state index contributed by atoms with van der Waals surface area (Å²) in [4.78, 5) is 0.269. The average Bonchev–Trinajstić information content (AvgIpc) is 2.92. The summed E-state index contributed by atoms with van der Waals surface area (Å²) in [5, 5.41) is 20.6. The SMILES string of the molecule is Cc1ccc(S(=O)(=O)N[C@H]2C/C(=C/C=C3\CCCC[C@@H]([C@H](C)CCCC(C)(C)O)CC[C@@H]3C)C[C@@H](O)C2)cc1. The number of aliphatic hydroxyl groups excluding tert-OH is 1. The molecule has 1 aromatic rings. The predicted octanol–water partition coefficient (Wildman–Crippen LogP) is 7.22. The van der Waals surface area contributed by atoms with Crippen LogP contribution in [0.1, 0.15) is 110 Å². The number of hydrogen-bond acceptors (Lipinski definition) is 4. The fourth-order valence-electron chi connectivity index (χ4n) is 6.34. The molecule has 0 spiro atoms. The van der Waals surface area contributed by atoms with Gasteiger partial charge in [-0.1, -0.05) is 80.5 Å². The number of rotatable bonds is 9. The van der Waals surface area contributed by atoms with Gasteiger partial charge in [0, 0.05) is 6.04 Å². The van der Waals surface area contributed by atoms with Crippen molar-refractivity contribution in [3.8, 4) is 0 Å². The Kier molecular flexibility index (Phi) is 11.9. The first-order valence-electron chi connectivity index (χ1n) is 15.2. The minimum absolute atomic E-state index is 0.269. The van der Waals surface area contributed by atoms with Gasteiger partial charge in [0.25, 0.3) is 0 Å². The van der Waals surface area contributed by atoms with Crippen molar-refractivity contribution in [2.24, 2.45) is 17.8 Å². The Bertz CT molecular complexity index is 1070. The number of nitrogens with one attached hydrogen (secondary N) is 1. The van der Waals surface area contributed by atoms with Crippen LogP contribution < -0.4 is 4.72 Å². The molecule has 3 N–H and O–H groups in total. The van der Waals surface area contributed by atoms with Crippen molar-refractivity contribution in [2.75, 3.05) is 0 Å². The van der Waals surface area contributed by atoms with Crippen molar-refractivity contribution >= 4 is 10.0 Å². The van der Waals surface area contributed by atoms with Gasteiger partial charge in [0.2, 0.25) is 10.0 Å². The third-order valence-corrected chi connectivity index (χ3v) is 10.4. The summed E-state index contributed by atoms with van der Waals surface area (Å²) in [6.07, 6.45) is 16.0. The lowest BCUT2D eigenvalue weighted by Gasteiger charge is -2.29. The molecule has 5 atom stereocenters. The molecule has 220 valence electrons. The van der Waals surface area contributed by atoms with Crippen molar-refractivity contribution in [3.05, 3.63) is 53.1 Å². The molecule has 3 rings (SSSR count). The molecular weight excluding hydrogens is 506 g/mol. The Morgan fingerprint density at radius 1 is 1.08 bits per heavy atom. The van der Waals surface area contributed by atoms with Gasteiger partial charge < -0.3 is 10.2 Å². The first-order valence-corrected chi connectivity index (χ1v) is 16.7. The highest BCUT2D eigenvalue weighted by atomic mass is 32.2. The Morgan fingerprint density at radius 3 is 2.49 bits per heavy atom. The van der Waals surface area contributed by atoms with E-state index in [1.54, 1.807) is 24.3 Å². The molecule has 2 fully saturated rings. The summed E-state index contributed by atoms with van der Waals surface area (Å²) >= 11 is 0. The lowest BCUT2D eigenvalue weighted by Crippen LogP contribution is -2.40. The van der Waals surface area contributed by atoms with Crippen molar-refractivity contribution in [2.45, 2.75) is 134 Å². The molecular formula is C33H53NO4S. The number of sulfonamides is 1. The van der Waals surface area contributed by atoms with Crippen LogP contribution in [0.5, 0.6) is 0 Å². The lowest BCUT2D eigenvalue weighted by molar-refractivity contribution is 0.0657. The van der Waals surface area contributed by atoms with E-state index < -0.39 is 21.7 Å². The van der Waals surface area contributed by atoms with E-state index in [1.165, 1.54) is 44.1 Å². The van der Waals surface area contributed by atoms with Crippen molar-refractivity contribution in [3.63, 3.8) is 0 Å². The summed E-state index contributed by atoms with van der Waals surface area (Å²) < 4.78 is 28.7. The second-order valence-corrected chi connectivity index (χ2v) is 14.9. The van der Waals surface area contributed by atoms with E-state index in [0.717, 1.165) is 36.3 Å². The van der Waals surface area contributed by atoms with Crippen LogP contribution in [-0.4, -0.2) is 36.4 Å². The molecule has 2 aliphatic rings. The maximum Gasteiger partial charge on any atom is 0.240 e. The zero-order valence-corrected chi connectivity index (χ0v) is 25.8. The Balaban J connectivity index is 1.60. The maximum absolute atomic E-state index is 12.9. The quantitative estimate of drug-likeness (QED) is 0.298. The van der Waals surface area contributed by atoms with E-state index in [1.807, 2.05) is 20.8 Å². The zero-order valence-electron chi connectivity index (χ0n) is 25.0. The van der Waals surface area contributed by atoms with Crippen LogP contribution in [0.4, 0.5) is 0 Å². The molecule has 2 saturated carbocycles. The number of aliphatic hydroxyl groups is 2. The summed E-state index contributed by atoms with van der Waals surface area (Å²) in [5.74, 6) is 1.97. The first kappa shape index (κ1) is 32.0. The molecule has 0 unspecified atom stereocenters. The lowest BCUT2D eigenvalue weighted by atomic mass is 9.81. The molecule has 0 radical (unpaired) electrons. The van der Waals surface area contributed by atoms with E-state index in [0.29, 0.717) is 31.1 Å². The van der Waals surface area contributed by atoms with E-state index in [-0.39, 0.29) is 10.9 Å². The molecule has 0 heterocycles. The van der Waals surface area contributed by atoms with Gasteiger partial charge >= 0.3 is 0 Å². The number of aryl methyl sites for hydroxylation is 1. The average molecular weight is 560 g/mol. The van der Waals surface area contributed by atoms with Gasteiger partial charge in [0.15, 0.2) is 0 Å². The Labute approximate surface area is 238 Å². The molecule has 39 heavy (non-hydrogen) atoms. The summed E-state index contributed by atoms with van der Waals surface area (Å²) in [7, 11) is -3.62. The molecule has 1 aromatic carbocycles. The normalized spacial score (nSPS) is 28.6. The van der Waals surface area contributed by atoms with Gasteiger partial charge in [-0.25, -0.2) is 13.1 Å². The summed E-state index contributed by atoms with van der Waals surface area (Å²) in [6, 6.07) is 6.58. The molecule has 0 bridgehead atoms. The molecule has 0 saturated heterocycles. The van der Waals surface area contributed by atoms with Gasteiger partial charge in [0.1, 0.15) is 0 Å². The molecule has 6 heteroatoms. The third kappa shape index (κ3) is 10.8. The fourth-order valence-corrected chi connectivity index (χ4v) is 7.59.